The van der Waals surface area contributed by atoms with Crippen molar-refractivity contribution in [3.63, 3.8) is 0 Å². The Kier molecular flexibility index (Phi) is 5.51. The number of phenolic OH excluding ortho intramolecular Hbond substituents is 1. The van der Waals surface area contributed by atoms with Gasteiger partial charge in [0.2, 0.25) is 0 Å². The molecule has 29 heavy (non-hydrogen) atoms. The molecule has 4 rings (SSSR count). The number of aromatic hydroxyl groups is 1. The Morgan fingerprint density at radius 3 is 2.52 bits per heavy atom. The summed E-state index contributed by atoms with van der Waals surface area (Å²) in [5.41, 5.74) is 4.00. The topological polar surface area (TPSA) is 66.7 Å². The molecule has 0 spiro atoms. The number of ether oxygens (including phenoxy) is 1. The highest BCUT2D eigenvalue weighted by molar-refractivity contribution is 6.39. The number of rotatable bonds is 5. The fourth-order valence-corrected chi connectivity index (χ4v) is 3.24. The molecule has 0 bridgehead atoms. The molecule has 1 aromatic heterocycles. The van der Waals surface area contributed by atoms with Gasteiger partial charge >= 0.3 is 0 Å². The Morgan fingerprint density at radius 2 is 1.69 bits per heavy atom. The molecule has 5 nitrogen and oxygen atoms in total. The van der Waals surface area contributed by atoms with Gasteiger partial charge in [0.1, 0.15) is 22.8 Å². The fourth-order valence-electron chi connectivity index (χ4n) is 2.72. The first kappa shape index (κ1) is 19.1. The van der Waals surface area contributed by atoms with Gasteiger partial charge in [0.25, 0.3) is 0 Å². The maximum absolute atomic E-state index is 10.1. The molecular formula is C22H15Cl2N3O2. The molecule has 0 unspecified atom stereocenters. The number of hydrogen-bond acceptors (Lipinski definition) is 5. The monoisotopic (exact) mass is 423 g/mol. The standard InChI is InChI=1S/C22H15Cl2N3O2/c23-18-12-19(24)22(28)21-17(18)9-10-20(26-21)27-25-13-14-5-4-8-16(11-14)29-15-6-2-1-3-7-15/h1-13,28H,(H,26,27)/b25-13-. The number of fused-ring (bicyclic) bond motifs is 1. The lowest BCUT2D eigenvalue weighted by molar-refractivity contribution is 0.480. The lowest BCUT2D eigenvalue weighted by atomic mass is 10.2. The minimum atomic E-state index is -0.121. The summed E-state index contributed by atoms with van der Waals surface area (Å²) in [5.74, 6) is 1.79. The molecule has 0 aliphatic heterocycles. The zero-order valence-electron chi connectivity index (χ0n) is 15.0. The number of pyridine rings is 1. The van der Waals surface area contributed by atoms with Gasteiger partial charge in [-0.2, -0.15) is 5.10 Å². The molecule has 2 N–H and O–H groups in total. The molecule has 0 saturated carbocycles. The van der Waals surface area contributed by atoms with Crippen LogP contribution in [0.25, 0.3) is 10.9 Å². The van der Waals surface area contributed by atoms with Gasteiger partial charge in [0, 0.05) is 5.39 Å². The third kappa shape index (κ3) is 4.42. The summed E-state index contributed by atoms with van der Waals surface area (Å²) in [7, 11) is 0. The van der Waals surface area contributed by atoms with Crippen LogP contribution in [0.15, 0.2) is 77.9 Å². The van der Waals surface area contributed by atoms with E-state index in [1.54, 1.807) is 18.3 Å². The minimum absolute atomic E-state index is 0.121. The molecule has 3 aromatic carbocycles. The summed E-state index contributed by atoms with van der Waals surface area (Å²) in [6.07, 6.45) is 1.65. The number of benzene rings is 3. The van der Waals surface area contributed by atoms with Gasteiger partial charge in [-0.3, -0.25) is 5.43 Å². The maximum Gasteiger partial charge on any atom is 0.160 e. The average molecular weight is 424 g/mol. The molecule has 0 atom stereocenters. The van der Waals surface area contributed by atoms with E-state index in [4.69, 9.17) is 27.9 Å². The van der Waals surface area contributed by atoms with E-state index in [9.17, 15) is 5.11 Å². The van der Waals surface area contributed by atoms with Gasteiger partial charge in [-0.15, -0.1) is 0 Å². The van der Waals surface area contributed by atoms with Gasteiger partial charge in [0.05, 0.1) is 16.3 Å². The summed E-state index contributed by atoms with van der Waals surface area (Å²) in [5, 5.41) is 15.5. The zero-order valence-corrected chi connectivity index (χ0v) is 16.5. The van der Waals surface area contributed by atoms with Crippen LogP contribution in [0.3, 0.4) is 0 Å². The van der Waals surface area contributed by atoms with E-state index < -0.39 is 0 Å². The van der Waals surface area contributed by atoms with Crippen LogP contribution in [0.5, 0.6) is 17.2 Å². The van der Waals surface area contributed by atoms with Crippen molar-refractivity contribution in [1.82, 2.24) is 4.98 Å². The van der Waals surface area contributed by atoms with Crippen LogP contribution in [0.2, 0.25) is 10.0 Å². The number of para-hydroxylation sites is 1. The molecule has 144 valence electrons. The number of nitrogens with one attached hydrogen (secondary N) is 1. The van der Waals surface area contributed by atoms with Crippen LogP contribution in [0.1, 0.15) is 5.56 Å². The Hall–Kier alpha value is -3.28. The van der Waals surface area contributed by atoms with Crippen LogP contribution < -0.4 is 10.2 Å². The zero-order chi connectivity index (χ0) is 20.2. The van der Waals surface area contributed by atoms with Gasteiger partial charge in [-0.05, 0) is 48.0 Å². The second-order valence-corrected chi connectivity index (χ2v) is 6.95. The number of phenols is 1. The van der Waals surface area contributed by atoms with Crippen molar-refractivity contribution in [3.05, 3.63) is 88.4 Å². The molecule has 0 aliphatic carbocycles. The highest BCUT2D eigenvalue weighted by Gasteiger charge is 2.11. The van der Waals surface area contributed by atoms with Crippen LogP contribution in [-0.2, 0) is 0 Å². The molecule has 1 heterocycles. The van der Waals surface area contributed by atoms with Crippen LogP contribution in [0.4, 0.5) is 5.82 Å². The number of anilines is 1. The Labute approximate surface area is 177 Å². The third-order valence-corrected chi connectivity index (χ3v) is 4.69. The predicted octanol–water partition coefficient (Wildman–Crippen LogP) is 6.49. The van der Waals surface area contributed by atoms with Crippen molar-refractivity contribution in [2.45, 2.75) is 0 Å². The first-order valence-electron chi connectivity index (χ1n) is 8.70. The first-order chi connectivity index (χ1) is 14.1. The molecule has 4 aromatic rings. The number of aromatic nitrogens is 1. The molecular weight excluding hydrogens is 409 g/mol. The van der Waals surface area contributed by atoms with E-state index in [1.165, 1.54) is 6.07 Å². The van der Waals surface area contributed by atoms with Crippen molar-refractivity contribution in [2.24, 2.45) is 5.10 Å². The molecule has 0 amide bonds. The molecule has 0 aliphatic rings. The molecule has 0 fully saturated rings. The average Bonchev–Trinajstić information content (AvgIpc) is 2.73. The quantitative estimate of drug-likeness (QED) is 0.284. The van der Waals surface area contributed by atoms with Gasteiger partial charge in [0.15, 0.2) is 5.75 Å². The molecule has 0 radical (unpaired) electrons. The highest BCUT2D eigenvalue weighted by atomic mass is 35.5. The van der Waals surface area contributed by atoms with Crippen LogP contribution >= 0.6 is 23.2 Å². The van der Waals surface area contributed by atoms with E-state index >= 15 is 0 Å². The van der Waals surface area contributed by atoms with Crippen molar-refractivity contribution >= 4 is 46.1 Å². The summed E-state index contributed by atoms with van der Waals surface area (Å²) in [6, 6.07) is 22.0. The normalized spacial score (nSPS) is 11.1. The van der Waals surface area contributed by atoms with E-state index in [2.05, 4.69) is 15.5 Å². The minimum Gasteiger partial charge on any atom is -0.504 e. The van der Waals surface area contributed by atoms with E-state index in [0.717, 1.165) is 11.3 Å². The van der Waals surface area contributed by atoms with Crippen molar-refractivity contribution < 1.29 is 9.84 Å². The van der Waals surface area contributed by atoms with Crippen molar-refractivity contribution in [2.75, 3.05) is 5.43 Å². The summed E-state index contributed by atoms with van der Waals surface area (Å²) < 4.78 is 5.82. The Balaban J connectivity index is 1.50. The number of hydrazone groups is 1. The second kappa shape index (κ2) is 8.39. The first-order valence-corrected chi connectivity index (χ1v) is 9.45. The predicted molar refractivity (Wildman–Crippen MR) is 118 cm³/mol. The SMILES string of the molecule is Oc1c(Cl)cc(Cl)c2ccc(N/N=C\c3cccc(Oc4ccccc4)c3)nc12. The van der Waals surface area contributed by atoms with Crippen LogP contribution in [-0.4, -0.2) is 16.3 Å². The molecule has 7 heteroatoms. The number of halogens is 2. The summed E-state index contributed by atoms with van der Waals surface area (Å²) >= 11 is 12.1. The largest absolute Gasteiger partial charge is 0.504 e. The summed E-state index contributed by atoms with van der Waals surface area (Å²) in [4.78, 5) is 4.33. The third-order valence-electron chi connectivity index (χ3n) is 4.09. The van der Waals surface area contributed by atoms with Crippen LogP contribution in [0, 0.1) is 0 Å². The lowest BCUT2D eigenvalue weighted by Gasteiger charge is -2.07. The van der Waals surface area contributed by atoms with E-state index in [0.29, 0.717) is 27.5 Å². The van der Waals surface area contributed by atoms with E-state index in [-0.39, 0.29) is 10.8 Å². The van der Waals surface area contributed by atoms with Gasteiger partial charge in [-0.1, -0.05) is 53.5 Å². The maximum atomic E-state index is 10.1. The lowest BCUT2D eigenvalue weighted by Crippen LogP contribution is -1.95. The van der Waals surface area contributed by atoms with Gasteiger partial charge < -0.3 is 9.84 Å². The highest BCUT2D eigenvalue weighted by Crippen LogP contribution is 2.36. The number of hydrogen-bond donors (Lipinski definition) is 2. The van der Waals surface area contributed by atoms with Crippen molar-refractivity contribution in [1.29, 1.82) is 0 Å². The Morgan fingerprint density at radius 1 is 0.897 bits per heavy atom. The van der Waals surface area contributed by atoms with E-state index in [1.807, 2.05) is 54.6 Å². The molecule has 0 saturated heterocycles. The fraction of sp³-hybridized carbons (Fsp3) is 0. The summed E-state index contributed by atoms with van der Waals surface area (Å²) in [6.45, 7) is 0. The Bertz CT molecular complexity index is 1200. The smallest absolute Gasteiger partial charge is 0.160 e. The van der Waals surface area contributed by atoms with Gasteiger partial charge in [-0.25, -0.2) is 4.98 Å². The van der Waals surface area contributed by atoms with Crippen molar-refractivity contribution in [3.8, 4) is 17.2 Å². The second-order valence-electron chi connectivity index (χ2n) is 6.14. The number of nitrogens with zero attached hydrogens (tertiary/aromatic N) is 2.